The third kappa shape index (κ3) is 5.63. The Morgan fingerprint density at radius 1 is 1.03 bits per heavy atom. The Hall–Kier alpha value is -1.81. The second-order valence-corrected chi connectivity index (χ2v) is 10.2. The zero-order chi connectivity index (χ0) is 22.0. The maximum Gasteiger partial charge on any atom is 0.249 e. The zero-order valence-electron chi connectivity index (χ0n) is 19.7. The van der Waals surface area contributed by atoms with Crippen molar-refractivity contribution in [3.63, 3.8) is 0 Å². The van der Waals surface area contributed by atoms with E-state index < -0.39 is 0 Å². The van der Waals surface area contributed by atoms with Crippen LogP contribution in [0.4, 0.5) is 0 Å². The topological polar surface area (TPSA) is 43.8 Å². The summed E-state index contributed by atoms with van der Waals surface area (Å²) >= 11 is 0. The fourth-order valence-electron chi connectivity index (χ4n) is 3.90. The molecule has 0 aliphatic carbocycles. The Balaban J connectivity index is 2.33. The van der Waals surface area contributed by atoms with E-state index in [1.165, 1.54) is 0 Å². The summed E-state index contributed by atoms with van der Waals surface area (Å²) in [5, 5.41) is 10.9. The fourth-order valence-corrected chi connectivity index (χ4v) is 3.90. The highest BCUT2D eigenvalue weighted by Crippen LogP contribution is 2.40. The van der Waals surface area contributed by atoms with Crippen LogP contribution in [0.15, 0.2) is 17.7 Å². The van der Waals surface area contributed by atoms with Gasteiger partial charge in [-0.1, -0.05) is 55.4 Å². The molecule has 0 atom stereocenters. The second kappa shape index (κ2) is 8.91. The van der Waals surface area contributed by atoms with Crippen molar-refractivity contribution in [3.8, 4) is 5.75 Å². The van der Waals surface area contributed by atoms with Crippen molar-refractivity contribution < 1.29 is 9.90 Å². The summed E-state index contributed by atoms with van der Waals surface area (Å²) in [5.41, 5.74) is 3.39. The number of nitrogens with zero attached hydrogens (tertiary/aromatic N) is 2. The van der Waals surface area contributed by atoms with Crippen LogP contribution in [0.5, 0.6) is 5.75 Å². The van der Waals surface area contributed by atoms with E-state index in [0.29, 0.717) is 5.75 Å². The number of phenolic OH excluding ortho intramolecular Hbond substituents is 1. The van der Waals surface area contributed by atoms with Crippen molar-refractivity contribution in [2.24, 2.45) is 0 Å². The number of likely N-dealkylation sites (N-methyl/N-ethyl adjacent to an activating group) is 1. The molecule has 1 aliphatic heterocycles. The molecule has 0 unspecified atom stereocenters. The van der Waals surface area contributed by atoms with E-state index in [1.807, 2.05) is 23.1 Å². The van der Waals surface area contributed by atoms with Gasteiger partial charge in [0.2, 0.25) is 5.91 Å². The molecular weight excluding hydrogens is 360 g/mol. The molecule has 1 N–H and O–H groups in total. The van der Waals surface area contributed by atoms with Crippen LogP contribution >= 0.6 is 0 Å². The van der Waals surface area contributed by atoms with Gasteiger partial charge in [-0.3, -0.25) is 4.79 Å². The molecule has 1 amide bonds. The third-order valence-corrected chi connectivity index (χ3v) is 5.88. The summed E-state index contributed by atoms with van der Waals surface area (Å²) in [6.07, 6.45) is 2.82. The van der Waals surface area contributed by atoms with Gasteiger partial charge in [-0.25, -0.2) is 0 Å². The number of amides is 1. The number of hydrogen-bond acceptors (Lipinski definition) is 3. The van der Waals surface area contributed by atoms with Crippen molar-refractivity contribution in [2.75, 3.05) is 32.7 Å². The molecule has 29 heavy (non-hydrogen) atoms. The lowest BCUT2D eigenvalue weighted by Crippen LogP contribution is -2.35. The molecule has 4 nitrogen and oxygen atoms in total. The van der Waals surface area contributed by atoms with Gasteiger partial charge in [0.15, 0.2) is 0 Å². The van der Waals surface area contributed by atoms with Gasteiger partial charge in [-0.15, -0.1) is 0 Å². The Labute approximate surface area is 177 Å². The highest BCUT2D eigenvalue weighted by atomic mass is 16.3. The van der Waals surface area contributed by atoms with Crippen LogP contribution in [0.1, 0.15) is 78.5 Å². The fraction of sp³-hybridized carbons (Fsp3) is 0.640. The van der Waals surface area contributed by atoms with E-state index in [1.54, 1.807) is 0 Å². The van der Waals surface area contributed by atoms with Crippen molar-refractivity contribution in [2.45, 2.75) is 72.6 Å². The lowest BCUT2D eigenvalue weighted by molar-refractivity contribution is -0.124. The summed E-state index contributed by atoms with van der Waals surface area (Å²) < 4.78 is 0. The first-order chi connectivity index (χ1) is 13.4. The van der Waals surface area contributed by atoms with Crippen molar-refractivity contribution in [3.05, 3.63) is 34.4 Å². The lowest BCUT2D eigenvalue weighted by Gasteiger charge is -2.28. The summed E-state index contributed by atoms with van der Waals surface area (Å²) in [6, 6.07) is 4.09. The molecule has 0 bridgehead atoms. The Morgan fingerprint density at radius 3 is 2.00 bits per heavy atom. The van der Waals surface area contributed by atoms with Crippen LogP contribution in [-0.4, -0.2) is 53.5 Å². The molecule has 1 fully saturated rings. The summed E-state index contributed by atoms with van der Waals surface area (Å²) in [4.78, 5) is 17.2. The first-order valence-electron chi connectivity index (χ1n) is 11.0. The molecule has 0 spiro atoms. The first-order valence-corrected chi connectivity index (χ1v) is 11.0. The summed E-state index contributed by atoms with van der Waals surface area (Å²) in [5.74, 6) is 0.533. The van der Waals surface area contributed by atoms with Gasteiger partial charge in [0, 0.05) is 36.3 Å². The molecule has 0 saturated carbocycles. The van der Waals surface area contributed by atoms with Gasteiger partial charge < -0.3 is 14.9 Å². The monoisotopic (exact) mass is 400 g/mol. The summed E-state index contributed by atoms with van der Waals surface area (Å²) in [6.45, 7) is 21.5. The minimum absolute atomic E-state index is 0.153. The van der Waals surface area contributed by atoms with E-state index in [9.17, 15) is 9.90 Å². The molecule has 0 radical (unpaired) electrons. The zero-order valence-corrected chi connectivity index (χ0v) is 19.7. The molecule has 1 saturated heterocycles. The van der Waals surface area contributed by atoms with Gasteiger partial charge in [0.25, 0.3) is 0 Å². The van der Waals surface area contributed by atoms with Gasteiger partial charge in [-0.2, -0.15) is 0 Å². The summed E-state index contributed by atoms with van der Waals surface area (Å²) in [7, 11) is 0. The molecule has 2 rings (SSSR count). The van der Waals surface area contributed by atoms with Gasteiger partial charge >= 0.3 is 0 Å². The highest BCUT2D eigenvalue weighted by Gasteiger charge is 2.28. The largest absolute Gasteiger partial charge is 0.507 e. The number of rotatable bonds is 6. The van der Waals surface area contributed by atoms with Crippen LogP contribution in [0.3, 0.4) is 0 Å². The predicted molar refractivity (Wildman–Crippen MR) is 122 cm³/mol. The molecular formula is C25H40N2O2. The second-order valence-electron chi connectivity index (χ2n) is 10.2. The molecule has 1 aromatic rings. The number of benzene rings is 1. The standard InChI is InChI=1S/C25H40N2O2/c1-9-26(10-2)13-14-27-12-11-19(23(27)29)15-18-16-20(24(3,4)5)22(28)21(17-18)25(6,7)8/h15-17,28H,9-14H2,1-8H3/b19-15-. The van der Waals surface area contributed by atoms with Gasteiger partial charge in [0.1, 0.15) is 5.75 Å². The Morgan fingerprint density at radius 2 is 1.55 bits per heavy atom. The maximum atomic E-state index is 12.9. The average Bonchev–Trinajstić information content (AvgIpc) is 2.95. The molecule has 1 aromatic carbocycles. The number of phenols is 1. The van der Waals surface area contributed by atoms with Crippen LogP contribution in [0.25, 0.3) is 6.08 Å². The molecule has 162 valence electrons. The smallest absolute Gasteiger partial charge is 0.249 e. The van der Waals surface area contributed by atoms with Crippen molar-refractivity contribution in [1.82, 2.24) is 9.80 Å². The van der Waals surface area contributed by atoms with E-state index in [4.69, 9.17) is 0 Å². The number of carbonyl (C=O) groups is 1. The number of hydrogen-bond donors (Lipinski definition) is 1. The van der Waals surface area contributed by atoms with E-state index in [-0.39, 0.29) is 16.7 Å². The number of likely N-dealkylation sites (tertiary alicyclic amines) is 1. The minimum atomic E-state index is -0.173. The van der Waals surface area contributed by atoms with E-state index >= 15 is 0 Å². The van der Waals surface area contributed by atoms with Crippen molar-refractivity contribution >= 4 is 12.0 Å². The van der Waals surface area contributed by atoms with Crippen LogP contribution in [-0.2, 0) is 15.6 Å². The lowest BCUT2D eigenvalue weighted by atomic mass is 9.78. The normalized spacial score (nSPS) is 17.1. The van der Waals surface area contributed by atoms with Crippen LogP contribution in [0.2, 0.25) is 0 Å². The molecule has 0 aromatic heterocycles. The van der Waals surface area contributed by atoms with E-state index in [0.717, 1.165) is 61.4 Å². The maximum absolute atomic E-state index is 12.9. The quantitative estimate of drug-likeness (QED) is 0.688. The minimum Gasteiger partial charge on any atom is -0.507 e. The molecule has 4 heteroatoms. The number of aromatic hydroxyl groups is 1. The van der Waals surface area contributed by atoms with Gasteiger partial charge in [-0.05, 0) is 54.1 Å². The van der Waals surface area contributed by atoms with Crippen LogP contribution < -0.4 is 0 Å². The Bertz CT molecular complexity index is 727. The highest BCUT2D eigenvalue weighted by molar-refractivity contribution is 6.00. The first kappa shape index (κ1) is 23.5. The predicted octanol–water partition coefficient (Wildman–Crippen LogP) is 4.94. The van der Waals surface area contributed by atoms with Gasteiger partial charge in [0.05, 0.1) is 0 Å². The number of carbonyl (C=O) groups excluding carboxylic acids is 1. The molecule has 1 heterocycles. The average molecular weight is 401 g/mol. The SMILES string of the molecule is CCN(CC)CCN1CC/C(=C/c2cc(C(C)(C)C)c(O)c(C(C)(C)C)c2)C1=O. The van der Waals surface area contributed by atoms with Crippen molar-refractivity contribution in [1.29, 1.82) is 0 Å². The molecule has 1 aliphatic rings. The Kier molecular flexibility index (Phi) is 7.21. The van der Waals surface area contributed by atoms with Crippen LogP contribution in [0, 0.1) is 0 Å². The third-order valence-electron chi connectivity index (χ3n) is 5.88. The van der Waals surface area contributed by atoms with E-state index in [2.05, 4.69) is 60.3 Å².